The van der Waals surface area contributed by atoms with Crippen LogP contribution in [0.25, 0.3) is 0 Å². The molecule has 31 heavy (non-hydrogen) atoms. The number of carbonyl (C=O) groups excluding carboxylic acids is 1. The largest absolute Gasteiger partial charge is 0.489 e. The highest BCUT2D eigenvalue weighted by Crippen LogP contribution is 2.20. The molecule has 0 radical (unpaired) electrons. The number of carbonyl (C=O) groups is 1. The van der Waals surface area contributed by atoms with Crippen molar-refractivity contribution >= 4 is 11.6 Å². The van der Waals surface area contributed by atoms with Gasteiger partial charge in [-0.15, -0.1) is 0 Å². The van der Waals surface area contributed by atoms with Crippen molar-refractivity contribution in [1.29, 1.82) is 0 Å². The second-order valence-corrected chi connectivity index (χ2v) is 7.12. The molecule has 0 atom stereocenters. The first-order valence-electron chi connectivity index (χ1n) is 9.71. The lowest BCUT2D eigenvalue weighted by atomic mass is 10.1. The highest BCUT2D eigenvalue weighted by Gasteiger charge is 2.21. The molecule has 7 nitrogen and oxygen atoms in total. The van der Waals surface area contributed by atoms with Gasteiger partial charge < -0.3 is 14.6 Å². The molecule has 0 bridgehead atoms. The van der Waals surface area contributed by atoms with E-state index in [0.29, 0.717) is 29.3 Å². The van der Waals surface area contributed by atoms with Gasteiger partial charge in [0.05, 0.1) is 24.0 Å². The Balaban J connectivity index is 1.43. The summed E-state index contributed by atoms with van der Waals surface area (Å²) in [6, 6.07) is 13.8. The lowest BCUT2D eigenvalue weighted by molar-refractivity contribution is 0.101. The molecular weight excluding hydrogens is 399 g/mol. The molecule has 158 valence electrons. The van der Waals surface area contributed by atoms with Gasteiger partial charge in [0, 0.05) is 12.3 Å². The zero-order valence-electron chi connectivity index (χ0n) is 17.1. The molecule has 0 saturated heterocycles. The van der Waals surface area contributed by atoms with Crippen molar-refractivity contribution < 1.29 is 18.4 Å². The van der Waals surface area contributed by atoms with Crippen molar-refractivity contribution in [3.8, 4) is 5.75 Å². The van der Waals surface area contributed by atoms with Gasteiger partial charge in [0.2, 0.25) is 0 Å². The maximum absolute atomic E-state index is 13.3. The molecule has 2 aromatic carbocycles. The molecule has 4 aromatic rings. The fraction of sp³-hybridized carbons (Fsp3) is 0.174. The van der Waals surface area contributed by atoms with Gasteiger partial charge in [-0.25, -0.2) is 4.39 Å². The normalized spacial score (nSPS) is 10.8. The van der Waals surface area contributed by atoms with Crippen LogP contribution in [0.4, 0.5) is 10.1 Å². The van der Waals surface area contributed by atoms with Crippen LogP contribution in [0.1, 0.15) is 32.9 Å². The van der Waals surface area contributed by atoms with E-state index in [2.05, 4.69) is 15.6 Å². The third-order valence-electron chi connectivity index (χ3n) is 4.86. The van der Waals surface area contributed by atoms with Crippen molar-refractivity contribution in [3.05, 3.63) is 94.9 Å². The number of hydrogen-bond donors (Lipinski definition) is 1. The molecule has 4 rings (SSSR count). The van der Waals surface area contributed by atoms with Gasteiger partial charge in [-0.3, -0.25) is 9.48 Å². The summed E-state index contributed by atoms with van der Waals surface area (Å²) in [7, 11) is 0. The summed E-state index contributed by atoms with van der Waals surface area (Å²) < 4.78 is 25.9. The number of nitrogens with one attached hydrogen (secondary N) is 1. The number of hydrogen-bond acceptors (Lipinski definition) is 5. The van der Waals surface area contributed by atoms with Gasteiger partial charge in [0.1, 0.15) is 23.9 Å². The smallest absolute Gasteiger partial charge is 0.278 e. The van der Waals surface area contributed by atoms with Crippen LogP contribution in [0, 0.1) is 19.7 Å². The number of halogens is 1. The number of rotatable bonds is 7. The van der Waals surface area contributed by atoms with Crippen LogP contribution in [0.15, 0.2) is 65.4 Å². The van der Waals surface area contributed by atoms with Crippen molar-refractivity contribution in [2.75, 3.05) is 5.32 Å². The van der Waals surface area contributed by atoms with Gasteiger partial charge in [-0.2, -0.15) is 5.10 Å². The lowest BCUT2D eigenvalue weighted by Crippen LogP contribution is -2.15. The Morgan fingerprint density at radius 3 is 2.84 bits per heavy atom. The van der Waals surface area contributed by atoms with E-state index >= 15 is 0 Å². The summed E-state index contributed by atoms with van der Waals surface area (Å²) in [6.07, 6.45) is 3.33. The average Bonchev–Trinajstić information content (AvgIpc) is 3.34. The van der Waals surface area contributed by atoms with Crippen molar-refractivity contribution in [3.63, 3.8) is 0 Å². The summed E-state index contributed by atoms with van der Waals surface area (Å²) in [4.78, 5) is 12.7. The van der Waals surface area contributed by atoms with Gasteiger partial charge in [0.15, 0.2) is 5.69 Å². The fourth-order valence-electron chi connectivity index (χ4n) is 3.12. The SMILES string of the molecule is Cc1ccccc1Cn1cc(NC(=O)c2noc(C)c2COc2cccc(F)c2)cn1. The van der Waals surface area contributed by atoms with Crippen LogP contribution < -0.4 is 10.1 Å². The number of nitrogens with zero attached hydrogens (tertiary/aromatic N) is 3. The number of amides is 1. The van der Waals surface area contributed by atoms with Gasteiger partial charge >= 0.3 is 0 Å². The van der Waals surface area contributed by atoms with Crippen molar-refractivity contribution in [1.82, 2.24) is 14.9 Å². The highest BCUT2D eigenvalue weighted by atomic mass is 19.1. The number of aromatic nitrogens is 3. The molecule has 0 unspecified atom stereocenters. The Hall–Kier alpha value is -3.94. The zero-order chi connectivity index (χ0) is 21.8. The first-order valence-corrected chi connectivity index (χ1v) is 9.71. The molecule has 0 aliphatic carbocycles. The van der Waals surface area contributed by atoms with Crippen molar-refractivity contribution in [2.24, 2.45) is 0 Å². The molecule has 1 amide bonds. The van der Waals surface area contributed by atoms with E-state index in [0.717, 1.165) is 5.56 Å². The molecular formula is C23H21FN4O3. The molecule has 0 spiro atoms. The van der Waals surface area contributed by atoms with E-state index in [9.17, 15) is 9.18 Å². The molecule has 0 aliphatic rings. The Bertz CT molecular complexity index is 1220. The minimum atomic E-state index is -0.440. The van der Waals surface area contributed by atoms with Crippen LogP contribution in [-0.4, -0.2) is 20.8 Å². The minimum Gasteiger partial charge on any atom is -0.489 e. The molecule has 0 saturated carbocycles. The number of benzene rings is 2. The third kappa shape index (κ3) is 4.80. The van der Waals surface area contributed by atoms with Crippen LogP contribution in [0.2, 0.25) is 0 Å². The quantitative estimate of drug-likeness (QED) is 0.476. The van der Waals surface area contributed by atoms with E-state index in [-0.39, 0.29) is 12.3 Å². The van der Waals surface area contributed by atoms with E-state index in [1.807, 2.05) is 31.2 Å². The summed E-state index contributed by atoms with van der Waals surface area (Å²) >= 11 is 0. The highest BCUT2D eigenvalue weighted by molar-refractivity contribution is 6.03. The standard InChI is InChI=1S/C23H21FN4O3/c1-15-6-3-4-7-17(15)12-28-13-19(11-25-28)26-23(29)22-21(16(2)31-27-22)14-30-20-9-5-8-18(24)10-20/h3-11,13H,12,14H2,1-2H3,(H,26,29). The molecule has 1 N–H and O–H groups in total. The number of anilines is 1. The summed E-state index contributed by atoms with van der Waals surface area (Å²) in [5.41, 5.74) is 3.46. The molecule has 2 aromatic heterocycles. The Morgan fingerprint density at radius 1 is 1.19 bits per heavy atom. The maximum atomic E-state index is 13.3. The van der Waals surface area contributed by atoms with Gasteiger partial charge in [-0.1, -0.05) is 35.5 Å². The van der Waals surface area contributed by atoms with Crippen LogP contribution in [-0.2, 0) is 13.2 Å². The predicted octanol–water partition coefficient (Wildman–Crippen LogP) is 4.51. The average molecular weight is 420 g/mol. The topological polar surface area (TPSA) is 82.2 Å². The summed E-state index contributed by atoms with van der Waals surface area (Å²) in [6.45, 7) is 4.35. The van der Waals surface area contributed by atoms with Gasteiger partial charge in [0.25, 0.3) is 5.91 Å². The summed E-state index contributed by atoms with van der Waals surface area (Å²) in [5.74, 6) is -0.0356. The fourth-order valence-corrected chi connectivity index (χ4v) is 3.12. The van der Waals surface area contributed by atoms with E-state index in [4.69, 9.17) is 9.26 Å². The Kier molecular flexibility index (Phi) is 5.79. The molecule has 8 heteroatoms. The van der Waals surface area contributed by atoms with Crippen LogP contribution in [0.5, 0.6) is 5.75 Å². The second-order valence-electron chi connectivity index (χ2n) is 7.12. The molecule has 2 heterocycles. The van der Waals surface area contributed by atoms with Gasteiger partial charge in [-0.05, 0) is 37.1 Å². The first-order chi connectivity index (χ1) is 15.0. The monoisotopic (exact) mass is 420 g/mol. The number of ether oxygens (including phenoxy) is 1. The minimum absolute atomic E-state index is 0.0219. The van der Waals surface area contributed by atoms with E-state index in [1.54, 1.807) is 36.1 Å². The van der Waals surface area contributed by atoms with Crippen molar-refractivity contribution in [2.45, 2.75) is 27.0 Å². The van der Waals surface area contributed by atoms with E-state index in [1.165, 1.54) is 17.7 Å². The molecule has 0 aliphatic heterocycles. The number of aryl methyl sites for hydroxylation is 2. The Morgan fingerprint density at radius 2 is 2.03 bits per heavy atom. The predicted molar refractivity (Wildman–Crippen MR) is 112 cm³/mol. The first kappa shape index (κ1) is 20.3. The second kappa shape index (κ2) is 8.83. The third-order valence-corrected chi connectivity index (χ3v) is 4.86. The van der Waals surface area contributed by atoms with E-state index < -0.39 is 11.7 Å². The van der Waals surface area contributed by atoms with Crippen LogP contribution >= 0.6 is 0 Å². The Labute approximate surface area is 178 Å². The molecule has 0 fully saturated rings. The lowest BCUT2D eigenvalue weighted by Gasteiger charge is -2.07. The van der Waals surface area contributed by atoms with Crippen LogP contribution in [0.3, 0.4) is 0 Å². The summed E-state index contributed by atoms with van der Waals surface area (Å²) in [5, 5.41) is 10.9. The maximum Gasteiger partial charge on any atom is 0.278 e. The zero-order valence-corrected chi connectivity index (χ0v) is 17.1.